The first-order valence-electron chi connectivity index (χ1n) is 4.64. The Kier molecular flexibility index (Phi) is 14.2. The number of ether oxygens (including phenoxy) is 2. The molecule has 0 heterocycles. The minimum atomic E-state index is 0. The zero-order valence-corrected chi connectivity index (χ0v) is 12.7. The molecule has 7 heteroatoms. The maximum Gasteiger partial charge on any atom is 2.00 e. The van der Waals surface area contributed by atoms with Gasteiger partial charge in [0.1, 0.15) is 0 Å². The van der Waals surface area contributed by atoms with Crippen LogP contribution in [0.3, 0.4) is 0 Å². The van der Waals surface area contributed by atoms with Gasteiger partial charge in [0.15, 0.2) is 17.9 Å². The number of nitrogens with one attached hydrogen (secondary N) is 2. The van der Waals surface area contributed by atoms with E-state index in [0.717, 1.165) is 18.4 Å². The van der Waals surface area contributed by atoms with Gasteiger partial charge in [-0.2, -0.15) is 0 Å². The summed E-state index contributed by atoms with van der Waals surface area (Å²) < 4.78 is 10.2. The van der Waals surface area contributed by atoms with Crippen LogP contribution in [0.4, 0.5) is 0 Å². The largest absolute Gasteiger partial charge is 2.00 e. The number of rotatable bonds is 5. The van der Waals surface area contributed by atoms with Gasteiger partial charge < -0.3 is 39.7 Å². The SMILES string of the molecule is CCc1ccc(OC)c(OC=N)c1C=N.[Cl-].[Cl-].[Mn+2]. The van der Waals surface area contributed by atoms with Crippen LogP contribution in [0.25, 0.3) is 0 Å². The maximum atomic E-state index is 7.34. The summed E-state index contributed by atoms with van der Waals surface area (Å²) in [6.45, 7) is 2.00. The fourth-order valence-corrected chi connectivity index (χ4v) is 1.43. The molecular weight excluding hydrogens is 318 g/mol. The third kappa shape index (κ3) is 4.86. The molecule has 0 amide bonds. The van der Waals surface area contributed by atoms with Crippen molar-refractivity contribution in [2.24, 2.45) is 0 Å². The van der Waals surface area contributed by atoms with Crippen LogP contribution < -0.4 is 34.3 Å². The van der Waals surface area contributed by atoms with Crippen molar-refractivity contribution in [3.63, 3.8) is 0 Å². The fraction of sp³-hybridized carbons (Fsp3) is 0.273. The molecule has 0 saturated carbocycles. The number of hydrogen-bond acceptors (Lipinski definition) is 4. The van der Waals surface area contributed by atoms with Gasteiger partial charge in [0.05, 0.1) is 7.11 Å². The summed E-state index contributed by atoms with van der Waals surface area (Å²) in [7, 11) is 1.53. The van der Waals surface area contributed by atoms with Gasteiger partial charge in [0.25, 0.3) is 0 Å². The molecule has 0 unspecified atom stereocenters. The first kappa shape index (κ1) is 22.4. The summed E-state index contributed by atoms with van der Waals surface area (Å²) in [5.41, 5.74) is 1.67. The van der Waals surface area contributed by atoms with E-state index in [1.165, 1.54) is 13.3 Å². The summed E-state index contributed by atoms with van der Waals surface area (Å²) >= 11 is 0. The second-order valence-corrected chi connectivity index (χ2v) is 2.90. The van der Waals surface area contributed by atoms with Crippen LogP contribution in [-0.4, -0.2) is 19.7 Å². The zero-order valence-electron chi connectivity index (χ0n) is 9.97. The van der Waals surface area contributed by atoms with Crippen molar-refractivity contribution in [3.05, 3.63) is 23.3 Å². The Balaban J connectivity index is -0.000000750. The molecular formula is C11H14Cl2MnN2O2. The first-order valence-corrected chi connectivity index (χ1v) is 4.64. The van der Waals surface area contributed by atoms with Crippen molar-refractivity contribution in [2.45, 2.75) is 13.3 Å². The Hall–Kier alpha value is -0.741. The van der Waals surface area contributed by atoms with Gasteiger partial charge in [-0.05, 0) is 18.1 Å². The predicted octanol–water partition coefficient (Wildman–Crippen LogP) is -3.75. The number of benzene rings is 1. The van der Waals surface area contributed by atoms with Crippen molar-refractivity contribution < 1.29 is 51.4 Å². The molecule has 0 saturated heterocycles. The average Bonchev–Trinajstić information content (AvgIpc) is 2.28. The van der Waals surface area contributed by atoms with E-state index in [4.69, 9.17) is 20.3 Å². The van der Waals surface area contributed by atoms with Crippen molar-refractivity contribution >= 4 is 12.6 Å². The van der Waals surface area contributed by atoms with Gasteiger partial charge >= 0.3 is 17.1 Å². The first-order chi connectivity index (χ1) is 7.28. The molecule has 1 aromatic rings. The van der Waals surface area contributed by atoms with Crippen LogP contribution in [0.15, 0.2) is 12.1 Å². The predicted molar refractivity (Wildman–Crippen MR) is 59.7 cm³/mol. The van der Waals surface area contributed by atoms with E-state index in [0.29, 0.717) is 17.1 Å². The molecule has 0 aliphatic rings. The van der Waals surface area contributed by atoms with Gasteiger partial charge in [-0.15, -0.1) is 0 Å². The molecule has 0 aliphatic carbocycles. The Labute approximate surface area is 130 Å². The second kappa shape index (κ2) is 11.4. The van der Waals surface area contributed by atoms with Crippen molar-refractivity contribution in [3.8, 4) is 11.5 Å². The standard InChI is InChI=1S/C11H14N2O2.2ClH.Mn/c1-3-8-4-5-10(14-2)11(15-7-13)9(8)6-12;;;/h4-7,12-13H,3H2,1-2H3;2*1H;/q;;;+2/p-2. The van der Waals surface area contributed by atoms with E-state index >= 15 is 0 Å². The van der Waals surface area contributed by atoms with E-state index in [1.54, 1.807) is 6.07 Å². The zero-order chi connectivity index (χ0) is 11.3. The molecule has 2 N–H and O–H groups in total. The van der Waals surface area contributed by atoms with E-state index in [1.807, 2.05) is 13.0 Å². The van der Waals surface area contributed by atoms with E-state index in [-0.39, 0.29) is 41.9 Å². The van der Waals surface area contributed by atoms with Crippen LogP contribution in [0.1, 0.15) is 18.1 Å². The summed E-state index contributed by atoms with van der Waals surface area (Å²) in [5.74, 6) is 0.969. The van der Waals surface area contributed by atoms with Gasteiger partial charge in [0, 0.05) is 11.8 Å². The van der Waals surface area contributed by atoms with Gasteiger partial charge in [-0.3, -0.25) is 5.41 Å². The third-order valence-electron chi connectivity index (χ3n) is 2.17. The Morgan fingerprint density at radius 2 is 1.83 bits per heavy atom. The van der Waals surface area contributed by atoms with Gasteiger partial charge in [0.2, 0.25) is 0 Å². The fourth-order valence-electron chi connectivity index (χ4n) is 1.43. The minimum absolute atomic E-state index is 0. The van der Waals surface area contributed by atoms with Crippen molar-refractivity contribution in [1.29, 1.82) is 10.8 Å². The quantitative estimate of drug-likeness (QED) is 0.331. The van der Waals surface area contributed by atoms with Crippen LogP contribution >= 0.6 is 0 Å². The van der Waals surface area contributed by atoms with E-state index in [2.05, 4.69) is 0 Å². The van der Waals surface area contributed by atoms with Crippen LogP contribution in [0, 0.1) is 10.8 Å². The van der Waals surface area contributed by atoms with Crippen LogP contribution in [0.2, 0.25) is 0 Å². The van der Waals surface area contributed by atoms with E-state index in [9.17, 15) is 0 Å². The van der Waals surface area contributed by atoms with Crippen molar-refractivity contribution in [2.75, 3.05) is 7.11 Å². The van der Waals surface area contributed by atoms with Crippen molar-refractivity contribution in [1.82, 2.24) is 0 Å². The number of hydrogen-bond donors (Lipinski definition) is 2. The van der Waals surface area contributed by atoms with Gasteiger partial charge in [-0.25, -0.2) is 0 Å². The molecule has 0 aliphatic heterocycles. The molecule has 0 aromatic heterocycles. The van der Waals surface area contributed by atoms with Crippen LogP contribution in [-0.2, 0) is 23.5 Å². The molecule has 0 atom stereocenters. The Morgan fingerprint density at radius 1 is 1.22 bits per heavy atom. The van der Waals surface area contributed by atoms with E-state index < -0.39 is 0 Å². The molecule has 0 spiro atoms. The molecule has 1 radical (unpaired) electrons. The topological polar surface area (TPSA) is 66.2 Å². The monoisotopic (exact) mass is 331 g/mol. The normalized spacial score (nSPS) is 7.89. The molecule has 4 nitrogen and oxygen atoms in total. The average molecular weight is 332 g/mol. The molecule has 1 rings (SSSR count). The van der Waals surface area contributed by atoms with Crippen LogP contribution in [0.5, 0.6) is 11.5 Å². The summed E-state index contributed by atoms with van der Waals surface area (Å²) in [5, 5.41) is 14.3. The number of aryl methyl sites for hydroxylation is 1. The summed E-state index contributed by atoms with van der Waals surface area (Å²) in [6, 6.07) is 3.68. The minimum Gasteiger partial charge on any atom is -1.00 e. The molecule has 0 fully saturated rings. The summed E-state index contributed by atoms with van der Waals surface area (Å²) in [4.78, 5) is 0. The smallest absolute Gasteiger partial charge is 1.00 e. The van der Waals surface area contributed by atoms with Gasteiger partial charge in [-0.1, -0.05) is 13.0 Å². The Morgan fingerprint density at radius 3 is 2.22 bits per heavy atom. The molecule has 0 bridgehead atoms. The third-order valence-corrected chi connectivity index (χ3v) is 2.17. The number of methoxy groups -OCH3 is 1. The summed E-state index contributed by atoms with van der Waals surface area (Å²) in [6.07, 6.45) is 2.87. The molecule has 1 aromatic carbocycles. The molecule has 101 valence electrons. The number of halogens is 2. The maximum absolute atomic E-state index is 7.34. The Bertz CT molecular complexity index is 390. The molecule has 18 heavy (non-hydrogen) atoms. The second-order valence-electron chi connectivity index (χ2n) is 2.90.